The molecule has 3 N–H and O–H groups in total. The number of aromatic amines is 1. The largest absolute Gasteiger partial charge is 0.465 e. The lowest BCUT2D eigenvalue weighted by Gasteiger charge is -2.11. The number of halogens is 1. The fourth-order valence-electron chi connectivity index (χ4n) is 2.27. The van der Waals surface area contributed by atoms with Crippen LogP contribution in [0.3, 0.4) is 0 Å². The van der Waals surface area contributed by atoms with E-state index in [-0.39, 0.29) is 5.82 Å². The minimum atomic E-state index is -0.728. The number of esters is 1. The van der Waals surface area contributed by atoms with Gasteiger partial charge in [-0.25, -0.2) is 4.39 Å². The molecule has 1 heterocycles. The predicted octanol–water partition coefficient (Wildman–Crippen LogP) is 2.91. The molecule has 0 saturated heterocycles. The highest BCUT2D eigenvalue weighted by Gasteiger charge is 2.17. The molecule has 21 heavy (non-hydrogen) atoms. The maximum atomic E-state index is 13.3. The van der Waals surface area contributed by atoms with Crippen molar-refractivity contribution in [3.8, 4) is 0 Å². The summed E-state index contributed by atoms with van der Waals surface area (Å²) in [6, 6.07) is 3.78. The molecule has 0 bridgehead atoms. The summed E-state index contributed by atoms with van der Waals surface area (Å²) in [5.74, 6) is -0.712. The first-order valence-electron chi connectivity index (χ1n) is 7.29. The zero-order valence-electron chi connectivity index (χ0n) is 12.2. The Labute approximate surface area is 123 Å². The van der Waals surface area contributed by atoms with Crippen LogP contribution in [0.1, 0.15) is 31.7 Å². The van der Waals surface area contributed by atoms with Crippen molar-refractivity contribution in [3.05, 3.63) is 35.8 Å². The van der Waals surface area contributed by atoms with E-state index in [1.807, 2.05) is 0 Å². The fourth-order valence-corrected chi connectivity index (χ4v) is 2.27. The summed E-state index contributed by atoms with van der Waals surface area (Å²) in [4.78, 5) is 14.8. The topological polar surface area (TPSA) is 68.1 Å². The molecular formula is C16H21FN2O2. The number of nitrogens with one attached hydrogen (secondary N) is 1. The number of hydrogen-bond acceptors (Lipinski definition) is 3. The quantitative estimate of drug-likeness (QED) is 0.609. The molecule has 2 rings (SSSR count). The molecule has 114 valence electrons. The standard InChI is InChI=1S/C16H21FN2O2/c1-2-3-4-7-21-16(20)14(18)8-11-10-19-15-6-5-12(17)9-13(11)15/h5-6,9-10,14,19H,2-4,7-8,18H2,1H3. The van der Waals surface area contributed by atoms with Gasteiger partial charge in [-0.05, 0) is 30.2 Å². The van der Waals surface area contributed by atoms with Crippen LogP contribution in [0.15, 0.2) is 24.4 Å². The summed E-state index contributed by atoms with van der Waals surface area (Å²) in [5.41, 5.74) is 7.52. The third-order valence-corrected chi connectivity index (χ3v) is 3.46. The average molecular weight is 292 g/mol. The normalized spacial score (nSPS) is 12.5. The van der Waals surface area contributed by atoms with Crippen molar-refractivity contribution in [1.82, 2.24) is 4.98 Å². The van der Waals surface area contributed by atoms with Crippen LogP contribution < -0.4 is 5.73 Å². The van der Waals surface area contributed by atoms with Crippen LogP contribution >= 0.6 is 0 Å². The van der Waals surface area contributed by atoms with Crippen molar-refractivity contribution in [2.75, 3.05) is 6.61 Å². The van der Waals surface area contributed by atoms with Crippen LogP contribution in [0.5, 0.6) is 0 Å². The molecular weight excluding hydrogens is 271 g/mol. The van der Waals surface area contributed by atoms with Crippen LogP contribution in [-0.4, -0.2) is 23.6 Å². The number of carbonyl (C=O) groups excluding carboxylic acids is 1. The Kier molecular flexibility index (Phi) is 5.33. The molecule has 0 aliphatic rings. The Bertz CT molecular complexity index is 609. The van der Waals surface area contributed by atoms with E-state index in [0.29, 0.717) is 13.0 Å². The summed E-state index contributed by atoms with van der Waals surface area (Å²) >= 11 is 0. The van der Waals surface area contributed by atoms with E-state index >= 15 is 0 Å². The molecule has 0 aliphatic heterocycles. The Morgan fingerprint density at radius 3 is 3.00 bits per heavy atom. The molecule has 1 aromatic heterocycles. The first kappa shape index (κ1) is 15.5. The Balaban J connectivity index is 1.96. The maximum absolute atomic E-state index is 13.3. The molecule has 5 heteroatoms. The lowest BCUT2D eigenvalue weighted by Crippen LogP contribution is -2.34. The van der Waals surface area contributed by atoms with Gasteiger partial charge in [-0.2, -0.15) is 0 Å². The summed E-state index contributed by atoms with van der Waals surface area (Å²) in [5, 5.41) is 0.754. The third-order valence-electron chi connectivity index (χ3n) is 3.46. The number of unbranched alkanes of at least 4 members (excludes halogenated alkanes) is 2. The highest BCUT2D eigenvalue weighted by molar-refractivity contribution is 5.84. The molecule has 0 spiro atoms. The molecule has 1 aromatic carbocycles. The van der Waals surface area contributed by atoms with E-state index in [1.165, 1.54) is 12.1 Å². The second kappa shape index (κ2) is 7.22. The van der Waals surface area contributed by atoms with Crippen LogP contribution in [-0.2, 0) is 16.0 Å². The first-order chi connectivity index (χ1) is 10.1. The van der Waals surface area contributed by atoms with E-state index in [2.05, 4.69) is 11.9 Å². The third kappa shape index (κ3) is 4.04. The number of ether oxygens (including phenoxy) is 1. The van der Waals surface area contributed by atoms with Gasteiger partial charge in [-0.3, -0.25) is 4.79 Å². The van der Waals surface area contributed by atoms with Crippen molar-refractivity contribution < 1.29 is 13.9 Å². The van der Waals surface area contributed by atoms with E-state index in [9.17, 15) is 9.18 Å². The van der Waals surface area contributed by atoms with Crippen molar-refractivity contribution in [2.24, 2.45) is 5.73 Å². The van der Waals surface area contributed by atoms with E-state index in [0.717, 1.165) is 35.7 Å². The number of H-pyrrole nitrogens is 1. The summed E-state index contributed by atoms with van der Waals surface area (Å²) in [6.07, 6.45) is 5.05. The monoisotopic (exact) mass is 292 g/mol. The zero-order valence-corrected chi connectivity index (χ0v) is 12.2. The average Bonchev–Trinajstić information content (AvgIpc) is 2.85. The Morgan fingerprint density at radius 2 is 2.24 bits per heavy atom. The first-order valence-corrected chi connectivity index (χ1v) is 7.29. The summed E-state index contributed by atoms with van der Waals surface area (Å²) in [7, 11) is 0. The van der Waals surface area contributed by atoms with Gasteiger partial charge in [0.2, 0.25) is 0 Å². The number of rotatable bonds is 7. The van der Waals surface area contributed by atoms with Gasteiger partial charge in [0.25, 0.3) is 0 Å². The molecule has 0 aliphatic carbocycles. The van der Waals surface area contributed by atoms with Crippen molar-refractivity contribution in [1.29, 1.82) is 0 Å². The highest BCUT2D eigenvalue weighted by atomic mass is 19.1. The van der Waals surface area contributed by atoms with Gasteiger partial charge in [0.1, 0.15) is 11.9 Å². The molecule has 0 amide bonds. The van der Waals surface area contributed by atoms with Gasteiger partial charge in [0, 0.05) is 23.5 Å². The second-order valence-electron chi connectivity index (χ2n) is 5.19. The fraction of sp³-hybridized carbons (Fsp3) is 0.438. The van der Waals surface area contributed by atoms with E-state index < -0.39 is 12.0 Å². The van der Waals surface area contributed by atoms with Gasteiger partial charge >= 0.3 is 5.97 Å². The Morgan fingerprint density at radius 1 is 1.43 bits per heavy atom. The Hall–Kier alpha value is -1.88. The van der Waals surface area contributed by atoms with Gasteiger partial charge in [0.05, 0.1) is 6.61 Å². The number of fused-ring (bicyclic) bond motifs is 1. The molecule has 0 radical (unpaired) electrons. The number of aromatic nitrogens is 1. The number of carbonyl (C=O) groups is 1. The van der Waals surface area contributed by atoms with Crippen LogP contribution in [0.25, 0.3) is 10.9 Å². The number of hydrogen-bond donors (Lipinski definition) is 2. The number of benzene rings is 1. The molecule has 0 saturated carbocycles. The van der Waals surface area contributed by atoms with E-state index in [4.69, 9.17) is 10.5 Å². The molecule has 1 unspecified atom stereocenters. The van der Waals surface area contributed by atoms with Crippen LogP contribution in [0.2, 0.25) is 0 Å². The number of nitrogens with two attached hydrogens (primary N) is 1. The lowest BCUT2D eigenvalue weighted by atomic mass is 10.1. The van der Waals surface area contributed by atoms with Crippen molar-refractivity contribution >= 4 is 16.9 Å². The molecule has 0 fully saturated rings. The summed E-state index contributed by atoms with van der Waals surface area (Å²) in [6.45, 7) is 2.49. The van der Waals surface area contributed by atoms with Crippen molar-refractivity contribution in [3.63, 3.8) is 0 Å². The van der Waals surface area contributed by atoms with Crippen LogP contribution in [0.4, 0.5) is 4.39 Å². The van der Waals surface area contributed by atoms with Gasteiger partial charge < -0.3 is 15.5 Å². The van der Waals surface area contributed by atoms with Crippen LogP contribution in [0, 0.1) is 5.82 Å². The zero-order chi connectivity index (χ0) is 15.2. The van der Waals surface area contributed by atoms with Gasteiger partial charge in [0.15, 0.2) is 0 Å². The summed E-state index contributed by atoms with van der Waals surface area (Å²) < 4.78 is 18.4. The smallest absolute Gasteiger partial charge is 0.323 e. The predicted molar refractivity (Wildman–Crippen MR) is 80.4 cm³/mol. The lowest BCUT2D eigenvalue weighted by molar-refractivity contribution is -0.145. The molecule has 2 aromatic rings. The highest BCUT2D eigenvalue weighted by Crippen LogP contribution is 2.20. The minimum absolute atomic E-state index is 0.306. The second-order valence-corrected chi connectivity index (χ2v) is 5.19. The maximum Gasteiger partial charge on any atom is 0.323 e. The van der Waals surface area contributed by atoms with Gasteiger partial charge in [-0.15, -0.1) is 0 Å². The van der Waals surface area contributed by atoms with E-state index in [1.54, 1.807) is 12.3 Å². The minimum Gasteiger partial charge on any atom is -0.465 e. The molecule has 1 atom stereocenters. The van der Waals surface area contributed by atoms with Crippen molar-refractivity contribution in [2.45, 2.75) is 38.6 Å². The SMILES string of the molecule is CCCCCOC(=O)C(N)Cc1c[nH]c2ccc(F)cc12. The van der Waals surface area contributed by atoms with Gasteiger partial charge in [-0.1, -0.05) is 19.8 Å². The molecule has 4 nitrogen and oxygen atoms in total.